The van der Waals surface area contributed by atoms with Crippen LogP contribution in [0, 0.1) is 0 Å². The Labute approximate surface area is 141 Å². The lowest BCUT2D eigenvalue weighted by Crippen LogP contribution is -2.33. The molecule has 1 aliphatic heterocycles. The van der Waals surface area contributed by atoms with E-state index in [1.54, 1.807) is 0 Å². The summed E-state index contributed by atoms with van der Waals surface area (Å²) >= 11 is 12.0. The second kappa shape index (κ2) is 6.60. The Kier molecular flexibility index (Phi) is 4.97. The molecule has 0 spiro atoms. The molecule has 0 aliphatic carbocycles. The van der Waals surface area contributed by atoms with Crippen LogP contribution in [-0.4, -0.2) is 39.3 Å². The van der Waals surface area contributed by atoms with Crippen LogP contribution in [0.5, 0.6) is 0 Å². The van der Waals surface area contributed by atoms with Crippen molar-refractivity contribution in [1.82, 2.24) is 4.90 Å². The Morgan fingerprint density at radius 2 is 1.96 bits per heavy atom. The third kappa shape index (κ3) is 3.33. The van der Waals surface area contributed by atoms with Gasteiger partial charge < -0.3 is 15.1 Å². The monoisotopic (exact) mass is 357 g/mol. The molecule has 0 bridgehead atoms. The zero-order chi connectivity index (χ0) is 17.3. The van der Waals surface area contributed by atoms with Crippen LogP contribution in [-0.2, 0) is 14.4 Å². The summed E-state index contributed by atoms with van der Waals surface area (Å²) in [5.41, 5.74) is 0.286. The number of carboxylic acid groups (broad SMARTS) is 1. The van der Waals surface area contributed by atoms with E-state index < -0.39 is 29.5 Å². The van der Waals surface area contributed by atoms with Crippen molar-refractivity contribution in [3.8, 4) is 0 Å². The summed E-state index contributed by atoms with van der Waals surface area (Å²) in [5.74, 6) is -3.08. The van der Waals surface area contributed by atoms with E-state index in [2.05, 4.69) is 0 Å². The van der Waals surface area contributed by atoms with E-state index in [0.717, 1.165) is 4.90 Å². The highest BCUT2D eigenvalue weighted by Gasteiger charge is 2.43. The van der Waals surface area contributed by atoms with Crippen molar-refractivity contribution in [2.75, 3.05) is 6.54 Å². The maximum Gasteiger partial charge on any atom is 0.305 e. The molecule has 1 aliphatic rings. The Morgan fingerprint density at radius 1 is 1.30 bits per heavy atom. The third-order valence-corrected chi connectivity index (χ3v) is 4.07. The fourth-order valence-corrected chi connectivity index (χ4v) is 3.02. The lowest BCUT2D eigenvalue weighted by molar-refractivity contribution is -0.138. The van der Waals surface area contributed by atoms with Crippen molar-refractivity contribution in [2.24, 2.45) is 0 Å². The molecule has 1 amide bonds. The summed E-state index contributed by atoms with van der Waals surface area (Å²) in [7, 11) is 0. The predicted octanol–water partition coefficient (Wildman–Crippen LogP) is 2.75. The van der Waals surface area contributed by atoms with Crippen LogP contribution in [0.15, 0.2) is 29.5 Å². The number of amides is 1. The van der Waals surface area contributed by atoms with Gasteiger partial charge in [0.2, 0.25) is 0 Å². The molecule has 2 rings (SSSR count). The average molecular weight is 358 g/mol. The molecule has 6 nitrogen and oxygen atoms in total. The molecule has 2 N–H and O–H groups in total. The van der Waals surface area contributed by atoms with Gasteiger partial charge in [0.25, 0.3) is 5.91 Å². The van der Waals surface area contributed by atoms with Gasteiger partial charge in [0.1, 0.15) is 0 Å². The summed E-state index contributed by atoms with van der Waals surface area (Å²) in [5, 5.41) is 19.4. The van der Waals surface area contributed by atoms with E-state index in [0.29, 0.717) is 10.6 Å². The molecular formula is C15H13Cl2NO5. The van der Waals surface area contributed by atoms with Gasteiger partial charge in [0.15, 0.2) is 11.5 Å². The molecule has 0 unspecified atom stereocenters. The molecule has 0 radical (unpaired) electrons. The zero-order valence-electron chi connectivity index (χ0n) is 12.0. The summed E-state index contributed by atoms with van der Waals surface area (Å²) < 4.78 is 0. The third-order valence-electron chi connectivity index (χ3n) is 3.51. The van der Waals surface area contributed by atoms with Crippen molar-refractivity contribution in [3.05, 3.63) is 45.1 Å². The van der Waals surface area contributed by atoms with E-state index in [-0.39, 0.29) is 23.6 Å². The number of rotatable bonds is 5. The topological polar surface area (TPSA) is 94.9 Å². The van der Waals surface area contributed by atoms with Crippen LogP contribution >= 0.6 is 23.2 Å². The Morgan fingerprint density at radius 3 is 2.48 bits per heavy atom. The molecule has 122 valence electrons. The minimum Gasteiger partial charge on any atom is -0.503 e. The summed E-state index contributed by atoms with van der Waals surface area (Å²) in [6.07, 6.45) is -0.327. The molecule has 1 aromatic carbocycles. The predicted molar refractivity (Wildman–Crippen MR) is 83.5 cm³/mol. The molecule has 0 aromatic heterocycles. The Bertz CT molecular complexity index is 729. The number of halogens is 2. The average Bonchev–Trinajstić information content (AvgIpc) is 2.69. The maximum absolute atomic E-state index is 12.2. The highest BCUT2D eigenvalue weighted by atomic mass is 35.5. The number of hydrogen-bond acceptors (Lipinski definition) is 4. The van der Waals surface area contributed by atoms with Crippen LogP contribution in [0.3, 0.4) is 0 Å². The number of aliphatic hydroxyl groups is 1. The lowest BCUT2D eigenvalue weighted by atomic mass is 9.96. The van der Waals surface area contributed by atoms with E-state index >= 15 is 0 Å². The molecular weight excluding hydrogens is 345 g/mol. The standard InChI is InChI=1S/C15H13Cl2NO5/c1-7(19)12-13(9-3-2-8(16)6-10(9)17)18(5-4-11(20)21)15(23)14(12)22/h2-3,6,13,22H,4-5H2,1H3,(H,20,21)/t13-/m0/s1. The quantitative estimate of drug-likeness (QED) is 0.844. The van der Waals surface area contributed by atoms with Gasteiger partial charge in [-0.1, -0.05) is 29.3 Å². The number of carbonyl (C=O) groups excluding carboxylic acids is 2. The number of carbonyl (C=O) groups is 3. The Hall–Kier alpha value is -2.05. The van der Waals surface area contributed by atoms with Gasteiger partial charge >= 0.3 is 5.97 Å². The van der Waals surface area contributed by atoms with Gasteiger partial charge in [-0.3, -0.25) is 14.4 Å². The van der Waals surface area contributed by atoms with Crippen molar-refractivity contribution in [3.63, 3.8) is 0 Å². The van der Waals surface area contributed by atoms with E-state index in [1.807, 2.05) is 0 Å². The van der Waals surface area contributed by atoms with Gasteiger partial charge in [0.05, 0.1) is 18.0 Å². The van der Waals surface area contributed by atoms with Crippen molar-refractivity contribution >= 4 is 40.9 Å². The second-order valence-electron chi connectivity index (χ2n) is 5.03. The van der Waals surface area contributed by atoms with E-state index in [1.165, 1.54) is 25.1 Å². The van der Waals surface area contributed by atoms with Crippen LogP contribution in [0.2, 0.25) is 10.0 Å². The van der Waals surface area contributed by atoms with Crippen molar-refractivity contribution in [2.45, 2.75) is 19.4 Å². The largest absolute Gasteiger partial charge is 0.503 e. The number of aliphatic hydroxyl groups excluding tert-OH is 1. The Balaban J connectivity index is 2.53. The van der Waals surface area contributed by atoms with Gasteiger partial charge in [-0.25, -0.2) is 0 Å². The summed E-state index contributed by atoms with van der Waals surface area (Å²) in [4.78, 5) is 36.0. The number of aliphatic carboxylic acids is 1. The number of nitrogens with zero attached hydrogens (tertiary/aromatic N) is 1. The fraction of sp³-hybridized carbons (Fsp3) is 0.267. The molecule has 1 atom stereocenters. The van der Waals surface area contributed by atoms with E-state index in [4.69, 9.17) is 28.3 Å². The first-order chi connectivity index (χ1) is 10.7. The second-order valence-corrected chi connectivity index (χ2v) is 5.87. The van der Waals surface area contributed by atoms with Crippen molar-refractivity contribution in [1.29, 1.82) is 0 Å². The summed E-state index contributed by atoms with van der Waals surface area (Å²) in [6, 6.07) is 3.59. The van der Waals surface area contributed by atoms with Gasteiger partial charge in [0, 0.05) is 16.6 Å². The molecule has 8 heteroatoms. The van der Waals surface area contributed by atoms with Gasteiger partial charge in [-0.2, -0.15) is 0 Å². The lowest BCUT2D eigenvalue weighted by Gasteiger charge is -2.26. The molecule has 23 heavy (non-hydrogen) atoms. The first-order valence-electron chi connectivity index (χ1n) is 6.65. The zero-order valence-corrected chi connectivity index (χ0v) is 13.6. The van der Waals surface area contributed by atoms with Crippen LogP contribution in [0.4, 0.5) is 0 Å². The smallest absolute Gasteiger partial charge is 0.305 e. The highest BCUT2D eigenvalue weighted by Crippen LogP contribution is 2.41. The molecule has 1 aromatic rings. The fourth-order valence-electron chi connectivity index (χ4n) is 2.51. The first kappa shape index (κ1) is 17.3. The molecule has 0 fully saturated rings. The first-order valence-corrected chi connectivity index (χ1v) is 7.41. The van der Waals surface area contributed by atoms with Crippen LogP contribution in [0.1, 0.15) is 24.9 Å². The molecule has 0 saturated heterocycles. The molecule has 1 heterocycles. The minimum absolute atomic E-state index is 0.107. The number of Topliss-reactive ketones (excluding diaryl/α,β-unsaturated/α-hetero) is 1. The van der Waals surface area contributed by atoms with Crippen molar-refractivity contribution < 1.29 is 24.6 Å². The maximum atomic E-state index is 12.2. The SMILES string of the molecule is CC(=O)C1=C(O)C(=O)N(CCC(=O)O)[C@H]1c1ccc(Cl)cc1Cl. The number of hydrogen-bond donors (Lipinski definition) is 2. The van der Waals surface area contributed by atoms with Gasteiger partial charge in [-0.15, -0.1) is 0 Å². The number of ketones is 1. The number of benzene rings is 1. The number of carboxylic acids is 1. The minimum atomic E-state index is -1.10. The van der Waals surface area contributed by atoms with Crippen LogP contribution in [0.25, 0.3) is 0 Å². The molecule has 0 saturated carbocycles. The van der Waals surface area contributed by atoms with E-state index in [9.17, 15) is 19.5 Å². The highest BCUT2D eigenvalue weighted by molar-refractivity contribution is 6.35. The van der Waals surface area contributed by atoms with Gasteiger partial charge in [-0.05, 0) is 24.6 Å². The normalized spacial score (nSPS) is 17.8. The van der Waals surface area contributed by atoms with Crippen LogP contribution < -0.4 is 0 Å². The summed E-state index contributed by atoms with van der Waals surface area (Å²) in [6.45, 7) is 1.05.